The molecule has 0 aliphatic carbocycles. The Labute approximate surface area is 127 Å². The predicted molar refractivity (Wildman–Crippen MR) is 83.0 cm³/mol. The predicted octanol–water partition coefficient (Wildman–Crippen LogP) is 3.54. The van der Waals surface area contributed by atoms with Gasteiger partial charge in [0.2, 0.25) is 0 Å². The molecule has 5 heteroatoms. The third-order valence-corrected chi connectivity index (χ3v) is 5.17. The van der Waals surface area contributed by atoms with Crippen LogP contribution >= 0.6 is 11.3 Å². The second kappa shape index (κ2) is 5.15. The van der Waals surface area contributed by atoms with Crippen LogP contribution in [0.15, 0.2) is 23.6 Å². The molecule has 2 N–H and O–H groups in total. The quantitative estimate of drug-likeness (QED) is 0.819. The molecule has 2 heterocycles. The summed E-state index contributed by atoms with van der Waals surface area (Å²) < 4.78 is 13.8. The Balaban J connectivity index is 1.93. The van der Waals surface area contributed by atoms with E-state index in [-0.39, 0.29) is 11.9 Å². The summed E-state index contributed by atoms with van der Waals surface area (Å²) in [5.41, 5.74) is 8.00. The highest BCUT2D eigenvalue weighted by Gasteiger charge is 2.29. The molecule has 1 unspecified atom stereocenters. The lowest BCUT2D eigenvalue weighted by molar-refractivity contribution is 0.0679. The topological polar surface area (TPSA) is 46.3 Å². The van der Waals surface area contributed by atoms with Gasteiger partial charge in [0.1, 0.15) is 5.82 Å². The fourth-order valence-corrected chi connectivity index (χ4v) is 3.74. The Hall–Kier alpha value is -1.88. The highest BCUT2D eigenvalue weighted by atomic mass is 32.1. The molecule has 2 aromatic rings. The molecule has 1 amide bonds. The van der Waals surface area contributed by atoms with Crippen molar-refractivity contribution in [3.63, 3.8) is 0 Å². The minimum absolute atomic E-state index is 0.0121. The number of carbonyl (C=O) groups is 1. The summed E-state index contributed by atoms with van der Waals surface area (Å²) in [6.45, 7) is 4.28. The molecule has 1 aromatic carbocycles. The molecule has 1 aliphatic rings. The summed E-state index contributed by atoms with van der Waals surface area (Å²) in [4.78, 5) is 15.8. The van der Waals surface area contributed by atoms with E-state index >= 15 is 0 Å². The van der Waals surface area contributed by atoms with E-state index in [1.54, 1.807) is 29.2 Å². The molecule has 3 rings (SSSR count). The van der Waals surface area contributed by atoms with Gasteiger partial charge < -0.3 is 10.6 Å². The minimum atomic E-state index is -0.431. The van der Waals surface area contributed by atoms with Crippen LogP contribution in [0.25, 0.3) is 0 Å². The summed E-state index contributed by atoms with van der Waals surface area (Å²) in [6.07, 6.45) is 0.854. The number of rotatable bonds is 1. The molecule has 0 saturated carbocycles. The summed E-state index contributed by atoms with van der Waals surface area (Å²) in [6, 6.07) is 4.92. The minimum Gasteiger partial charge on any atom is -0.398 e. The number of carbonyl (C=O) groups excluding carboxylic acids is 1. The van der Waals surface area contributed by atoms with Crippen molar-refractivity contribution in [3.05, 3.63) is 51.0 Å². The van der Waals surface area contributed by atoms with Crippen molar-refractivity contribution in [2.45, 2.75) is 26.3 Å². The summed E-state index contributed by atoms with van der Waals surface area (Å²) in [5.74, 6) is -0.593. The Bertz CT molecular complexity index is 687. The molecule has 110 valence electrons. The monoisotopic (exact) mass is 304 g/mol. The first-order chi connectivity index (χ1) is 9.99. The van der Waals surface area contributed by atoms with E-state index in [0.717, 1.165) is 6.42 Å². The zero-order valence-electron chi connectivity index (χ0n) is 12.0. The number of thiophene rings is 1. The van der Waals surface area contributed by atoms with E-state index in [9.17, 15) is 9.18 Å². The van der Waals surface area contributed by atoms with E-state index < -0.39 is 5.82 Å². The van der Waals surface area contributed by atoms with Crippen molar-refractivity contribution in [2.24, 2.45) is 0 Å². The van der Waals surface area contributed by atoms with Gasteiger partial charge >= 0.3 is 0 Å². The van der Waals surface area contributed by atoms with Crippen molar-refractivity contribution >= 4 is 22.9 Å². The fraction of sp³-hybridized carbons (Fsp3) is 0.312. The van der Waals surface area contributed by atoms with Crippen LogP contribution in [-0.4, -0.2) is 17.4 Å². The number of nitrogen functional groups attached to an aromatic ring is 1. The number of hydrogen-bond acceptors (Lipinski definition) is 3. The zero-order valence-corrected chi connectivity index (χ0v) is 12.8. The second-order valence-corrected chi connectivity index (χ2v) is 6.40. The summed E-state index contributed by atoms with van der Waals surface area (Å²) >= 11 is 1.73. The van der Waals surface area contributed by atoms with Crippen LogP contribution in [0.5, 0.6) is 0 Å². The SMILES string of the molecule is Cc1c(N)cc(C(=O)N2CCc3sccc3C2C)cc1F. The highest BCUT2D eigenvalue weighted by molar-refractivity contribution is 7.10. The maximum absolute atomic E-state index is 13.8. The maximum atomic E-state index is 13.8. The van der Waals surface area contributed by atoms with Crippen molar-refractivity contribution in [1.29, 1.82) is 0 Å². The first-order valence-corrected chi connectivity index (χ1v) is 7.80. The average molecular weight is 304 g/mol. The number of halogens is 1. The lowest BCUT2D eigenvalue weighted by Crippen LogP contribution is -2.38. The standard InChI is InChI=1S/C16H17FN2OS/c1-9-13(17)7-11(8-14(9)18)16(20)19-5-3-15-12(10(19)2)4-6-21-15/h4,6-8,10H,3,5,18H2,1-2H3. The van der Waals surface area contributed by atoms with Gasteiger partial charge in [-0.1, -0.05) is 0 Å². The van der Waals surface area contributed by atoms with Gasteiger partial charge in [-0.3, -0.25) is 4.79 Å². The summed E-state index contributed by atoms with van der Waals surface area (Å²) in [5, 5.41) is 2.05. The van der Waals surface area contributed by atoms with E-state index in [2.05, 4.69) is 11.4 Å². The Morgan fingerprint density at radius 3 is 2.95 bits per heavy atom. The fourth-order valence-electron chi connectivity index (χ4n) is 2.78. The molecule has 0 radical (unpaired) electrons. The third kappa shape index (κ3) is 2.31. The molecular weight excluding hydrogens is 287 g/mol. The van der Waals surface area contributed by atoms with Crippen LogP contribution in [0.3, 0.4) is 0 Å². The molecule has 0 fully saturated rings. The van der Waals surface area contributed by atoms with E-state index in [1.807, 2.05) is 6.92 Å². The van der Waals surface area contributed by atoms with E-state index in [4.69, 9.17) is 5.73 Å². The molecule has 0 bridgehead atoms. The average Bonchev–Trinajstić information content (AvgIpc) is 2.93. The second-order valence-electron chi connectivity index (χ2n) is 5.40. The van der Waals surface area contributed by atoms with Gasteiger partial charge in [-0.05, 0) is 49.4 Å². The van der Waals surface area contributed by atoms with Crippen molar-refractivity contribution in [1.82, 2.24) is 4.90 Å². The molecule has 3 nitrogen and oxygen atoms in total. The third-order valence-electron chi connectivity index (χ3n) is 4.17. The number of benzene rings is 1. The number of anilines is 1. The lowest BCUT2D eigenvalue weighted by Gasteiger charge is -2.33. The van der Waals surface area contributed by atoms with Crippen LogP contribution in [-0.2, 0) is 6.42 Å². The maximum Gasteiger partial charge on any atom is 0.254 e. The van der Waals surface area contributed by atoms with Crippen LogP contribution in [0.1, 0.15) is 39.3 Å². The Kier molecular flexibility index (Phi) is 3.45. The molecule has 21 heavy (non-hydrogen) atoms. The molecular formula is C16H17FN2OS. The molecule has 0 saturated heterocycles. The molecule has 1 aromatic heterocycles. The first-order valence-electron chi connectivity index (χ1n) is 6.92. The molecule has 0 spiro atoms. The van der Waals surface area contributed by atoms with Gasteiger partial charge in [0.15, 0.2) is 0 Å². The molecule has 1 aliphatic heterocycles. The normalized spacial score (nSPS) is 17.7. The Morgan fingerprint density at radius 1 is 1.48 bits per heavy atom. The van der Waals surface area contributed by atoms with Crippen LogP contribution < -0.4 is 5.73 Å². The van der Waals surface area contributed by atoms with Crippen LogP contribution in [0.2, 0.25) is 0 Å². The van der Waals surface area contributed by atoms with Gasteiger partial charge in [-0.15, -0.1) is 11.3 Å². The summed E-state index contributed by atoms with van der Waals surface area (Å²) in [7, 11) is 0. The largest absolute Gasteiger partial charge is 0.398 e. The van der Waals surface area contributed by atoms with Gasteiger partial charge in [0.25, 0.3) is 5.91 Å². The van der Waals surface area contributed by atoms with E-state index in [1.165, 1.54) is 16.5 Å². The lowest BCUT2D eigenvalue weighted by atomic mass is 9.99. The van der Waals surface area contributed by atoms with Crippen molar-refractivity contribution in [2.75, 3.05) is 12.3 Å². The Morgan fingerprint density at radius 2 is 2.24 bits per heavy atom. The van der Waals surface area contributed by atoms with Gasteiger partial charge in [0, 0.05) is 28.2 Å². The highest BCUT2D eigenvalue weighted by Crippen LogP contribution is 2.34. The van der Waals surface area contributed by atoms with Crippen LogP contribution in [0, 0.1) is 12.7 Å². The number of nitrogens with zero attached hydrogens (tertiary/aromatic N) is 1. The number of fused-ring (bicyclic) bond motifs is 1. The zero-order chi connectivity index (χ0) is 15.1. The smallest absolute Gasteiger partial charge is 0.254 e. The van der Waals surface area contributed by atoms with Crippen molar-refractivity contribution < 1.29 is 9.18 Å². The van der Waals surface area contributed by atoms with Crippen molar-refractivity contribution in [3.8, 4) is 0 Å². The molecule has 1 atom stereocenters. The number of nitrogens with two attached hydrogens (primary N) is 1. The van der Waals surface area contributed by atoms with Gasteiger partial charge in [-0.2, -0.15) is 0 Å². The number of hydrogen-bond donors (Lipinski definition) is 1. The van der Waals surface area contributed by atoms with E-state index in [0.29, 0.717) is 23.4 Å². The number of amides is 1. The van der Waals surface area contributed by atoms with Crippen LogP contribution in [0.4, 0.5) is 10.1 Å². The first kappa shape index (κ1) is 14.1. The van der Waals surface area contributed by atoms with Gasteiger partial charge in [0.05, 0.1) is 6.04 Å². The van der Waals surface area contributed by atoms with Gasteiger partial charge in [-0.25, -0.2) is 4.39 Å².